The highest BCUT2D eigenvalue weighted by atomic mass is 16.5. The molecule has 3 aromatic carbocycles. The van der Waals surface area contributed by atoms with E-state index in [0.717, 1.165) is 44.7 Å². The minimum atomic E-state index is 0.723. The van der Waals surface area contributed by atoms with Crippen LogP contribution in [0.5, 0.6) is 5.75 Å². The Kier molecular flexibility index (Phi) is 6.64. The number of ether oxygens (including phenoxy) is 1. The minimum Gasteiger partial charge on any atom is -0.497 e. The number of H-pyrrole nitrogens is 1. The first-order chi connectivity index (χ1) is 16.0. The molecule has 0 spiro atoms. The van der Waals surface area contributed by atoms with Crippen molar-refractivity contribution in [1.82, 2.24) is 19.9 Å². The molecule has 0 radical (unpaired) electrons. The van der Waals surface area contributed by atoms with Gasteiger partial charge in [-0.2, -0.15) is 0 Å². The van der Waals surface area contributed by atoms with E-state index >= 15 is 0 Å². The number of hydrogen-bond donors (Lipinski definition) is 1. The van der Waals surface area contributed by atoms with Gasteiger partial charge in [0, 0.05) is 18.5 Å². The van der Waals surface area contributed by atoms with E-state index in [1.165, 1.54) is 11.1 Å². The quantitative estimate of drug-likeness (QED) is 0.315. The van der Waals surface area contributed by atoms with Crippen LogP contribution in [0.4, 0.5) is 0 Å². The molecular formula is C27H26N4O2. The highest BCUT2D eigenvalue weighted by Crippen LogP contribution is 2.18. The van der Waals surface area contributed by atoms with E-state index in [4.69, 9.17) is 9.15 Å². The van der Waals surface area contributed by atoms with Gasteiger partial charge >= 0.3 is 0 Å². The Morgan fingerprint density at radius 3 is 2.42 bits per heavy atom. The van der Waals surface area contributed by atoms with Crippen LogP contribution < -0.4 is 4.74 Å². The second-order valence-electron chi connectivity index (χ2n) is 7.62. The van der Waals surface area contributed by atoms with Crippen molar-refractivity contribution in [2.45, 2.75) is 20.8 Å². The number of fused-ring (bicyclic) bond motifs is 3. The number of aromatic amines is 1. The number of para-hydroxylation sites is 2. The largest absolute Gasteiger partial charge is 0.497 e. The molecule has 166 valence electrons. The van der Waals surface area contributed by atoms with Gasteiger partial charge in [-0.25, -0.2) is 9.97 Å². The number of nitrogens with zero attached hydrogens (tertiary/aromatic N) is 3. The molecule has 33 heavy (non-hydrogen) atoms. The van der Waals surface area contributed by atoms with Gasteiger partial charge in [-0.15, -0.1) is 0 Å². The molecule has 0 saturated carbocycles. The van der Waals surface area contributed by atoms with Crippen LogP contribution in [0, 0.1) is 20.8 Å². The molecule has 6 aromatic rings. The van der Waals surface area contributed by atoms with Crippen molar-refractivity contribution < 1.29 is 9.15 Å². The third kappa shape index (κ3) is 5.36. The van der Waals surface area contributed by atoms with Crippen LogP contribution in [0.3, 0.4) is 0 Å². The average Bonchev–Trinajstić information content (AvgIpc) is 3.44. The van der Waals surface area contributed by atoms with Gasteiger partial charge in [0.15, 0.2) is 11.5 Å². The van der Waals surface area contributed by atoms with Crippen LogP contribution in [0.25, 0.3) is 33.0 Å². The van der Waals surface area contributed by atoms with Gasteiger partial charge < -0.3 is 14.1 Å². The number of pyridine rings is 1. The van der Waals surface area contributed by atoms with Crippen LogP contribution in [0.2, 0.25) is 0 Å². The summed E-state index contributed by atoms with van der Waals surface area (Å²) in [5.41, 5.74) is 7.56. The molecule has 0 aliphatic rings. The normalized spacial score (nSPS) is 10.4. The van der Waals surface area contributed by atoms with E-state index in [2.05, 4.69) is 45.9 Å². The van der Waals surface area contributed by atoms with Gasteiger partial charge in [-0.05, 0) is 73.5 Å². The highest BCUT2D eigenvalue weighted by molar-refractivity contribution is 5.79. The number of aryl methyl sites for hydroxylation is 3. The van der Waals surface area contributed by atoms with E-state index < -0.39 is 0 Å². The summed E-state index contributed by atoms with van der Waals surface area (Å²) < 4.78 is 10.4. The number of oxazole rings is 1. The fourth-order valence-electron chi connectivity index (χ4n) is 3.36. The van der Waals surface area contributed by atoms with Gasteiger partial charge in [0.05, 0.1) is 30.0 Å². The zero-order valence-electron chi connectivity index (χ0n) is 19.2. The Hall–Kier alpha value is -4.19. The Labute approximate surface area is 192 Å². The summed E-state index contributed by atoms with van der Waals surface area (Å²) in [4.78, 5) is 15.6. The van der Waals surface area contributed by atoms with Crippen LogP contribution in [-0.4, -0.2) is 27.0 Å². The molecule has 6 rings (SSSR count). The third-order valence-corrected chi connectivity index (χ3v) is 5.25. The summed E-state index contributed by atoms with van der Waals surface area (Å²) in [6.07, 6.45) is 3.51. The molecule has 0 aliphatic heterocycles. The molecule has 0 bridgehead atoms. The fraction of sp³-hybridized carbons (Fsp3) is 0.148. The van der Waals surface area contributed by atoms with Crippen LogP contribution in [0.15, 0.2) is 83.7 Å². The second-order valence-corrected chi connectivity index (χ2v) is 7.62. The number of methoxy groups -OCH3 is 1. The summed E-state index contributed by atoms with van der Waals surface area (Å²) in [7, 11) is 1.66. The van der Waals surface area contributed by atoms with Gasteiger partial charge in [-0.1, -0.05) is 18.2 Å². The zero-order chi connectivity index (χ0) is 23.2. The molecule has 1 N–H and O–H groups in total. The molecule has 0 amide bonds. The molecule has 0 aliphatic carbocycles. The standard InChI is InChI=1S/C10H9NO.C9H10N2.C8H7NO/c1-12-9-4-5-10-8(7-9)3-2-6-11-10;1-6-3-8-9(4-7(6)2)11-5-10-8;1-6-9-7-4-2-3-5-8(7)10-6/h2-7H,1H3;3-5H,1-2H3,(H,10,11);2-5H,1H3. The van der Waals surface area contributed by atoms with Crippen molar-refractivity contribution in [1.29, 1.82) is 0 Å². The average molecular weight is 439 g/mol. The summed E-state index contributed by atoms with van der Waals surface area (Å²) in [6.45, 7) is 6.05. The van der Waals surface area contributed by atoms with Crippen LogP contribution in [0.1, 0.15) is 17.0 Å². The number of hydrogen-bond acceptors (Lipinski definition) is 5. The predicted octanol–water partition coefficient (Wildman–Crippen LogP) is 6.56. The lowest BCUT2D eigenvalue weighted by Crippen LogP contribution is -1.82. The van der Waals surface area contributed by atoms with Gasteiger partial charge in [-0.3, -0.25) is 4.98 Å². The lowest BCUT2D eigenvalue weighted by molar-refractivity contribution is 0.415. The smallest absolute Gasteiger partial charge is 0.192 e. The fourth-order valence-corrected chi connectivity index (χ4v) is 3.36. The maximum atomic E-state index is 5.26. The first kappa shape index (κ1) is 22.0. The van der Waals surface area contributed by atoms with E-state index in [0.29, 0.717) is 0 Å². The SMILES string of the molecule is COc1ccc2ncccc2c1.Cc1cc2nc[nH]c2cc1C.Cc1nc2ccccc2o1. The Balaban J connectivity index is 0.000000118. The van der Waals surface area contributed by atoms with Crippen molar-refractivity contribution in [2.24, 2.45) is 0 Å². The first-order valence-corrected chi connectivity index (χ1v) is 10.6. The summed E-state index contributed by atoms with van der Waals surface area (Å²) >= 11 is 0. The van der Waals surface area contributed by atoms with Crippen molar-refractivity contribution in [2.75, 3.05) is 7.11 Å². The van der Waals surface area contributed by atoms with Crippen molar-refractivity contribution in [3.05, 3.63) is 96.3 Å². The van der Waals surface area contributed by atoms with Gasteiger partial charge in [0.1, 0.15) is 11.3 Å². The lowest BCUT2D eigenvalue weighted by atomic mass is 10.1. The predicted molar refractivity (Wildman–Crippen MR) is 133 cm³/mol. The van der Waals surface area contributed by atoms with Crippen LogP contribution in [-0.2, 0) is 0 Å². The maximum Gasteiger partial charge on any atom is 0.192 e. The molecule has 0 fully saturated rings. The molecule has 3 heterocycles. The Morgan fingerprint density at radius 1 is 0.788 bits per heavy atom. The van der Waals surface area contributed by atoms with E-state index in [-0.39, 0.29) is 0 Å². The number of benzene rings is 3. The number of nitrogens with one attached hydrogen (secondary N) is 1. The summed E-state index contributed by atoms with van der Waals surface area (Å²) in [5, 5.41) is 1.11. The molecule has 6 heteroatoms. The molecule has 0 atom stereocenters. The Bertz CT molecular complexity index is 1430. The van der Waals surface area contributed by atoms with Crippen molar-refractivity contribution in [3.8, 4) is 5.75 Å². The van der Waals surface area contributed by atoms with Gasteiger partial charge in [0.25, 0.3) is 0 Å². The number of aromatic nitrogens is 4. The van der Waals surface area contributed by atoms with Gasteiger partial charge in [0.2, 0.25) is 0 Å². The van der Waals surface area contributed by atoms with E-state index in [1.54, 1.807) is 19.6 Å². The van der Waals surface area contributed by atoms with Crippen LogP contribution >= 0.6 is 0 Å². The topological polar surface area (TPSA) is 76.8 Å². The molecular weight excluding hydrogens is 412 g/mol. The first-order valence-electron chi connectivity index (χ1n) is 10.6. The monoisotopic (exact) mass is 438 g/mol. The Morgan fingerprint density at radius 2 is 1.61 bits per heavy atom. The zero-order valence-corrected chi connectivity index (χ0v) is 19.2. The minimum absolute atomic E-state index is 0.723. The molecule has 3 aromatic heterocycles. The molecule has 6 nitrogen and oxygen atoms in total. The summed E-state index contributed by atoms with van der Waals surface area (Å²) in [5.74, 6) is 1.59. The number of imidazole rings is 1. The third-order valence-electron chi connectivity index (χ3n) is 5.25. The van der Waals surface area contributed by atoms with Crippen molar-refractivity contribution in [3.63, 3.8) is 0 Å². The van der Waals surface area contributed by atoms with E-state index in [1.807, 2.05) is 61.5 Å². The molecule has 0 unspecified atom stereocenters. The molecule has 0 saturated heterocycles. The maximum absolute atomic E-state index is 5.26. The van der Waals surface area contributed by atoms with Crippen molar-refractivity contribution >= 4 is 33.0 Å². The second kappa shape index (κ2) is 9.96. The summed E-state index contributed by atoms with van der Waals surface area (Å²) in [6, 6.07) is 21.7. The highest BCUT2D eigenvalue weighted by Gasteiger charge is 1.98. The van der Waals surface area contributed by atoms with E-state index in [9.17, 15) is 0 Å². The lowest BCUT2D eigenvalue weighted by Gasteiger charge is -2.00. The number of rotatable bonds is 1.